The maximum Gasteiger partial charge on any atom is 0.243 e. The average Bonchev–Trinajstić information content (AvgIpc) is 2.42. The maximum atomic E-state index is 12.2. The number of benzene rings is 1. The summed E-state index contributed by atoms with van der Waals surface area (Å²) in [5, 5.41) is 3.09. The predicted molar refractivity (Wildman–Crippen MR) is 71.5 cm³/mol. The van der Waals surface area contributed by atoms with E-state index >= 15 is 0 Å². The number of carbonyl (C=O) groups excluding carboxylic acids is 1. The third kappa shape index (κ3) is 3.31. The molecule has 4 heteroatoms. The van der Waals surface area contributed by atoms with E-state index in [9.17, 15) is 4.79 Å². The zero-order valence-corrected chi connectivity index (χ0v) is 10.6. The van der Waals surface area contributed by atoms with Crippen molar-refractivity contribution in [2.24, 2.45) is 5.84 Å². The van der Waals surface area contributed by atoms with Crippen LogP contribution in [-0.4, -0.2) is 11.9 Å². The minimum absolute atomic E-state index is 0.0319. The Morgan fingerprint density at radius 1 is 1.17 bits per heavy atom. The van der Waals surface area contributed by atoms with Gasteiger partial charge in [-0.25, -0.2) is 5.43 Å². The van der Waals surface area contributed by atoms with E-state index in [1.807, 2.05) is 30.3 Å². The largest absolute Gasteiger partial charge is 0.352 e. The minimum Gasteiger partial charge on any atom is -0.352 e. The summed E-state index contributed by atoms with van der Waals surface area (Å²) >= 11 is 0. The molecule has 1 aliphatic rings. The van der Waals surface area contributed by atoms with Crippen molar-refractivity contribution in [3.8, 4) is 0 Å². The highest BCUT2D eigenvalue weighted by Gasteiger charge is 2.22. The number of hydrogen-bond donors (Lipinski definition) is 3. The van der Waals surface area contributed by atoms with Crippen LogP contribution in [0.5, 0.6) is 0 Å². The quantitative estimate of drug-likeness (QED) is 0.559. The summed E-state index contributed by atoms with van der Waals surface area (Å²) in [6, 6.07) is 9.41. The highest BCUT2D eigenvalue weighted by atomic mass is 16.2. The molecular formula is C14H21N3O. The molecule has 1 unspecified atom stereocenters. The van der Waals surface area contributed by atoms with Crippen LogP contribution in [0.2, 0.25) is 0 Å². The molecule has 1 amide bonds. The van der Waals surface area contributed by atoms with E-state index in [0.29, 0.717) is 6.04 Å². The van der Waals surface area contributed by atoms with Gasteiger partial charge >= 0.3 is 0 Å². The molecule has 18 heavy (non-hydrogen) atoms. The molecule has 1 aliphatic carbocycles. The number of rotatable bonds is 4. The van der Waals surface area contributed by atoms with E-state index in [1.165, 1.54) is 19.3 Å². The van der Waals surface area contributed by atoms with E-state index in [-0.39, 0.29) is 5.91 Å². The van der Waals surface area contributed by atoms with Gasteiger partial charge in [-0.05, 0) is 18.4 Å². The summed E-state index contributed by atoms with van der Waals surface area (Å²) in [7, 11) is 0. The van der Waals surface area contributed by atoms with Crippen LogP contribution < -0.4 is 16.6 Å². The molecule has 1 atom stereocenters. The first-order chi connectivity index (χ1) is 8.81. The van der Waals surface area contributed by atoms with Crippen LogP contribution in [0.1, 0.15) is 43.7 Å². The van der Waals surface area contributed by atoms with Gasteiger partial charge in [0.1, 0.15) is 6.04 Å². The second-order valence-electron chi connectivity index (χ2n) is 4.85. The minimum atomic E-state index is -0.465. The zero-order valence-electron chi connectivity index (χ0n) is 10.6. The topological polar surface area (TPSA) is 67.1 Å². The molecule has 4 N–H and O–H groups in total. The molecule has 0 heterocycles. The highest BCUT2D eigenvalue weighted by Crippen LogP contribution is 2.19. The van der Waals surface area contributed by atoms with Crippen molar-refractivity contribution in [2.45, 2.75) is 44.2 Å². The van der Waals surface area contributed by atoms with Crippen molar-refractivity contribution >= 4 is 5.91 Å². The summed E-state index contributed by atoms with van der Waals surface area (Å²) in [6.45, 7) is 0. The molecule has 98 valence electrons. The molecule has 4 nitrogen and oxygen atoms in total. The maximum absolute atomic E-state index is 12.2. The van der Waals surface area contributed by atoms with Crippen molar-refractivity contribution in [1.82, 2.24) is 10.7 Å². The van der Waals surface area contributed by atoms with Gasteiger partial charge in [0.05, 0.1) is 0 Å². The predicted octanol–water partition coefficient (Wildman–Crippen LogP) is 1.64. The van der Waals surface area contributed by atoms with Gasteiger partial charge in [-0.1, -0.05) is 49.6 Å². The van der Waals surface area contributed by atoms with E-state index in [2.05, 4.69) is 10.7 Å². The van der Waals surface area contributed by atoms with Crippen molar-refractivity contribution in [3.05, 3.63) is 35.9 Å². The first-order valence-corrected chi connectivity index (χ1v) is 6.62. The number of hydrogen-bond acceptors (Lipinski definition) is 3. The van der Waals surface area contributed by atoms with E-state index in [1.54, 1.807) is 0 Å². The molecule has 1 aromatic rings. The van der Waals surface area contributed by atoms with Crippen LogP contribution in [0.3, 0.4) is 0 Å². The third-order valence-electron chi connectivity index (χ3n) is 3.51. The van der Waals surface area contributed by atoms with Crippen molar-refractivity contribution < 1.29 is 4.79 Å². The summed E-state index contributed by atoms with van der Waals surface area (Å²) < 4.78 is 0. The number of carbonyl (C=O) groups is 1. The molecule has 1 saturated carbocycles. The number of nitrogens with one attached hydrogen (secondary N) is 2. The molecule has 0 radical (unpaired) electrons. The fourth-order valence-electron chi connectivity index (χ4n) is 2.50. The van der Waals surface area contributed by atoms with Gasteiger partial charge in [0.25, 0.3) is 0 Å². The van der Waals surface area contributed by atoms with Gasteiger partial charge < -0.3 is 5.32 Å². The lowest BCUT2D eigenvalue weighted by Crippen LogP contribution is -2.45. The third-order valence-corrected chi connectivity index (χ3v) is 3.51. The van der Waals surface area contributed by atoms with Crippen LogP contribution in [0.15, 0.2) is 30.3 Å². The Kier molecular flexibility index (Phi) is 4.73. The molecule has 0 spiro atoms. The molecule has 0 bridgehead atoms. The summed E-state index contributed by atoms with van der Waals surface area (Å²) in [4.78, 5) is 12.2. The van der Waals surface area contributed by atoms with E-state index in [0.717, 1.165) is 18.4 Å². The Bertz CT molecular complexity index is 374. The highest BCUT2D eigenvalue weighted by molar-refractivity contribution is 5.83. The van der Waals surface area contributed by atoms with Gasteiger partial charge in [0.15, 0.2) is 0 Å². The lowest BCUT2D eigenvalue weighted by atomic mass is 9.95. The molecule has 0 aliphatic heterocycles. The fourth-order valence-corrected chi connectivity index (χ4v) is 2.50. The second kappa shape index (κ2) is 6.52. The van der Waals surface area contributed by atoms with Crippen molar-refractivity contribution in [2.75, 3.05) is 0 Å². The normalized spacial score (nSPS) is 18.3. The summed E-state index contributed by atoms with van der Waals surface area (Å²) in [6.07, 6.45) is 5.85. The van der Waals surface area contributed by atoms with E-state index < -0.39 is 6.04 Å². The first-order valence-electron chi connectivity index (χ1n) is 6.62. The lowest BCUT2D eigenvalue weighted by Gasteiger charge is -2.25. The van der Waals surface area contributed by atoms with Crippen LogP contribution in [0, 0.1) is 0 Å². The number of hydrazine groups is 1. The smallest absolute Gasteiger partial charge is 0.243 e. The van der Waals surface area contributed by atoms with Gasteiger partial charge in [-0.3, -0.25) is 10.6 Å². The number of amides is 1. The fraction of sp³-hybridized carbons (Fsp3) is 0.500. The van der Waals surface area contributed by atoms with E-state index in [4.69, 9.17) is 5.84 Å². The van der Waals surface area contributed by atoms with Crippen molar-refractivity contribution in [1.29, 1.82) is 0 Å². The molecule has 0 saturated heterocycles. The SMILES string of the molecule is NNC(C(=O)NC1CCCCC1)c1ccccc1. The summed E-state index contributed by atoms with van der Waals surface area (Å²) in [5.41, 5.74) is 3.49. The monoisotopic (exact) mass is 247 g/mol. The van der Waals surface area contributed by atoms with Crippen LogP contribution >= 0.6 is 0 Å². The Morgan fingerprint density at radius 3 is 2.44 bits per heavy atom. The first kappa shape index (κ1) is 13.1. The molecule has 1 fully saturated rings. The van der Waals surface area contributed by atoms with Crippen LogP contribution in [-0.2, 0) is 4.79 Å². The molecular weight excluding hydrogens is 226 g/mol. The standard InChI is InChI=1S/C14H21N3O/c15-17-13(11-7-3-1-4-8-11)14(18)16-12-9-5-2-6-10-12/h1,3-4,7-8,12-13,17H,2,5-6,9-10,15H2,(H,16,18). The average molecular weight is 247 g/mol. The Balaban J connectivity index is 1.97. The van der Waals surface area contributed by atoms with Gasteiger partial charge in [0, 0.05) is 6.04 Å². The van der Waals surface area contributed by atoms with Gasteiger partial charge in [-0.2, -0.15) is 0 Å². The molecule has 2 rings (SSSR count). The van der Waals surface area contributed by atoms with Gasteiger partial charge in [-0.15, -0.1) is 0 Å². The van der Waals surface area contributed by atoms with Gasteiger partial charge in [0.2, 0.25) is 5.91 Å². The zero-order chi connectivity index (χ0) is 12.8. The Labute approximate surface area is 108 Å². The molecule has 0 aromatic heterocycles. The number of nitrogens with two attached hydrogens (primary N) is 1. The Morgan fingerprint density at radius 2 is 1.83 bits per heavy atom. The molecule has 1 aromatic carbocycles. The van der Waals surface area contributed by atoms with Crippen LogP contribution in [0.4, 0.5) is 0 Å². The lowest BCUT2D eigenvalue weighted by molar-refractivity contribution is -0.124. The van der Waals surface area contributed by atoms with Crippen molar-refractivity contribution in [3.63, 3.8) is 0 Å². The Hall–Kier alpha value is -1.39. The summed E-state index contributed by atoms with van der Waals surface area (Å²) in [5.74, 6) is 5.47. The van der Waals surface area contributed by atoms with Crippen LogP contribution in [0.25, 0.3) is 0 Å². The second-order valence-corrected chi connectivity index (χ2v) is 4.85.